The minimum absolute atomic E-state index is 0.191. The number of halogens is 1. The van der Waals surface area contributed by atoms with Crippen molar-refractivity contribution in [2.24, 2.45) is 0 Å². The Morgan fingerprint density at radius 2 is 0.919 bits per heavy atom. The van der Waals surface area contributed by atoms with Crippen LogP contribution < -0.4 is 5.32 Å². The molecule has 0 saturated heterocycles. The van der Waals surface area contributed by atoms with E-state index in [0.717, 1.165) is 4.90 Å². The molecule has 0 atom stereocenters. The largest absolute Gasteiger partial charge is 0.443 e. The maximum absolute atomic E-state index is 11.8. The van der Waals surface area contributed by atoms with Crippen molar-refractivity contribution >= 4 is 40.3 Å². The van der Waals surface area contributed by atoms with Crippen molar-refractivity contribution in [2.45, 2.75) is 105 Å². The molecule has 0 rings (SSSR count). The van der Waals surface area contributed by atoms with Gasteiger partial charge in [0, 0.05) is 0 Å². The van der Waals surface area contributed by atoms with E-state index in [9.17, 15) is 19.2 Å². The zero-order valence-corrected chi connectivity index (χ0v) is 25.7. The smallest absolute Gasteiger partial charge is 0.420 e. The van der Waals surface area contributed by atoms with E-state index in [1.807, 2.05) is 5.32 Å². The van der Waals surface area contributed by atoms with Crippen LogP contribution in [0.4, 0.5) is 19.2 Å². The lowest BCUT2D eigenvalue weighted by Gasteiger charge is -2.27. The average molecular weight is 592 g/mol. The van der Waals surface area contributed by atoms with Crippen LogP contribution in [0.1, 0.15) is 83.1 Å². The molecule has 212 valence electrons. The SMILES string of the molecule is C#CCBr.C#CCN(C(=O)OC(C)(C)C)C(=O)OC(C)(C)C.CC(C)(C)OC(=O)NC(=O)OC(C)(C)C. The predicted molar refractivity (Wildman–Crippen MR) is 146 cm³/mol. The third-order valence-corrected chi connectivity index (χ3v) is 2.88. The van der Waals surface area contributed by atoms with Gasteiger partial charge in [-0.25, -0.2) is 29.4 Å². The molecule has 0 aromatic rings. The average Bonchev–Trinajstić information content (AvgIpc) is 2.60. The minimum atomic E-state index is -0.810. The van der Waals surface area contributed by atoms with Gasteiger partial charge in [0.05, 0.1) is 11.9 Å². The zero-order chi connectivity index (χ0) is 30.3. The van der Waals surface area contributed by atoms with Gasteiger partial charge < -0.3 is 18.9 Å². The van der Waals surface area contributed by atoms with E-state index in [2.05, 4.69) is 27.8 Å². The van der Waals surface area contributed by atoms with E-state index in [1.54, 1.807) is 83.1 Å². The van der Waals surface area contributed by atoms with Gasteiger partial charge in [0.1, 0.15) is 22.4 Å². The zero-order valence-electron chi connectivity index (χ0n) is 24.2. The Morgan fingerprint density at radius 1 is 0.649 bits per heavy atom. The molecule has 0 aliphatic heterocycles. The van der Waals surface area contributed by atoms with Crippen LogP contribution in [0.5, 0.6) is 0 Å². The molecule has 0 fully saturated rings. The Kier molecular flexibility index (Phi) is 17.5. The number of alkyl halides is 1. The summed E-state index contributed by atoms with van der Waals surface area (Å²) in [6.07, 6.45) is 6.62. The number of alkyl carbamates (subject to hydrolysis) is 2. The number of nitrogens with one attached hydrogen (secondary N) is 1. The summed E-state index contributed by atoms with van der Waals surface area (Å²) in [5.41, 5.74) is -2.67. The minimum Gasteiger partial charge on any atom is -0.443 e. The summed E-state index contributed by atoms with van der Waals surface area (Å²) in [6.45, 7) is 20.3. The van der Waals surface area contributed by atoms with E-state index in [4.69, 9.17) is 31.8 Å². The second-order valence-corrected chi connectivity index (χ2v) is 11.8. The van der Waals surface area contributed by atoms with Gasteiger partial charge in [-0.3, -0.25) is 0 Å². The second kappa shape index (κ2) is 16.8. The second-order valence-electron chi connectivity index (χ2n) is 11.2. The van der Waals surface area contributed by atoms with Crippen LogP contribution in [0, 0.1) is 24.7 Å². The van der Waals surface area contributed by atoms with Gasteiger partial charge in [0.25, 0.3) is 0 Å². The number of imide groups is 2. The monoisotopic (exact) mass is 590 g/mol. The van der Waals surface area contributed by atoms with Gasteiger partial charge in [-0.1, -0.05) is 27.8 Å². The molecule has 1 N–H and O–H groups in total. The number of hydrogen-bond acceptors (Lipinski definition) is 8. The van der Waals surface area contributed by atoms with E-state index >= 15 is 0 Å². The van der Waals surface area contributed by atoms with Gasteiger partial charge in [-0.15, -0.1) is 12.8 Å². The maximum atomic E-state index is 11.8. The number of carbonyl (C=O) groups is 4. The highest BCUT2D eigenvalue weighted by atomic mass is 79.9. The Hall–Kier alpha value is -2.92. The topological polar surface area (TPSA) is 120 Å². The van der Waals surface area contributed by atoms with Crippen molar-refractivity contribution in [1.29, 1.82) is 0 Å². The summed E-state index contributed by atoms with van der Waals surface area (Å²) in [4.78, 5) is 46.6. The number of rotatable bonds is 1. The lowest BCUT2D eigenvalue weighted by atomic mass is 10.2. The molecule has 0 aromatic heterocycles. The van der Waals surface area contributed by atoms with E-state index in [0.29, 0.717) is 5.33 Å². The molecule has 0 heterocycles. The van der Waals surface area contributed by atoms with E-state index in [1.165, 1.54) is 0 Å². The first kappa shape index (κ1) is 38.6. The Labute approximate surface area is 230 Å². The molecule has 0 aliphatic rings. The Bertz CT molecular complexity index is 776. The number of ether oxygens (including phenoxy) is 4. The van der Waals surface area contributed by atoms with Gasteiger partial charge in [0.15, 0.2) is 0 Å². The normalized spacial score (nSPS) is 10.9. The molecule has 0 aliphatic carbocycles. The van der Waals surface area contributed by atoms with Crippen LogP contribution in [-0.4, -0.2) is 63.6 Å². The number of terminal acetylenes is 2. The maximum Gasteiger partial charge on any atom is 0.420 e. The molecule has 4 amide bonds. The molecule has 10 nitrogen and oxygen atoms in total. The van der Waals surface area contributed by atoms with E-state index < -0.39 is 46.8 Å². The quantitative estimate of drug-likeness (QED) is 0.216. The molecule has 0 bridgehead atoms. The van der Waals surface area contributed by atoms with Crippen molar-refractivity contribution in [1.82, 2.24) is 10.2 Å². The Balaban J connectivity index is -0.000000551. The van der Waals surface area contributed by atoms with E-state index in [-0.39, 0.29) is 6.54 Å². The van der Waals surface area contributed by atoms with Crippen LogP contribution >= 0.6 is 15.9 Å². The Morgan fingerprint density at radius 3 is 1.11 bits per heavy atom. The lowest BCUT2D eigenvalue weighted by Crippen LogP contribution is -2.43. The standard InChI is InChI=1S/C13H21NO4.C10H19NO4.C3H3Br/c1-8-9-14(10(15)17-12(2,3)4)11(16)18-13(5,6)7;1-9(2,3)14-7(12)11-8(13)15-10(4,5)6;1-2-3-4/h1H,9H2,2-7H3;1-6H3,(H,11,12,13);1H,3H2. The first-order chi connectivity index (χ1) is 16.4. The molecule has 37 heavy (non-hydrogen) atoms. The fraction of sp³-hybridized carbons (Fsp3) is 0.692. The van der Waals surface area contributed by atoms with Crippen LogP contribution in [0.2, 0.25) is 0 Å². The highest BCUT2D eigenvalue weighted by Gasteiger charge is 2.30. The number of nitrogens with zero attached hydrogens (tertiary/aromatic N) is 1. The van der Waals surface area contributed by atoms with Crippen molar-refractivity contribution in [3.8, 4) is 24.7 Å². The van der Waals surface area contributed by atoms with Crippen molar-refractivity contribution in [3.63, 3.8) is 0 Å². The van der Waals surface area contributed by atoms with Gasteiger partial charge >= 0.3 is 24.4 Å². The predicted octanol–water partition coefficient (Wildman–Crippen LogP) is 6.25. The highest BCUT2D eigenvalue weighted by molar-refractivity contribution is 9.09. The molecule has 0 radical (unpaired) electrons. The van der Waals surface area contributed by atoms with Crippen LogP contribution in [-0.2, 0) is 18.9 Å². The van der Waals surface area contributed by atoms with Gasteiger partial charge in [0.2, 0.25) is 0 Å². The molecule has 0 saturated carbocycles. The van der Waals surface area contributed by atoms with Crippen LogP contribution in [0.3, 0.4) is 0 Å². The summed E-state index contributed by atoms with van der Waals surface area (Å²) < 4.78 is 19.9. The lowest BCUT2D eigenvalue weighted by molar-refractivity contribution is 0.00396. The summed E-state index contributed by atoms with van der Waals surface area (Å²) in [6, 6.07) is 0. The fourth-order valence-corrected chi connectivity index (χ4v) is 1.62. The first-order valence-corrected chi connectivity index (χ1v) is 12.4. The van der Waals surface area contributed by atoms with Crippen LogP contribution in [0.25, 0.3) is 0 Å². The molecule has 0 unspecified atom stereocenters. The molecule has 0 aromatic carbocycles. The summed E-state index contributed by atoms with van der Waals surface area (Å²) in [5, 5.41) is 2.63. The molecule has 11 heteroatoms. The number of carbonyl (C=O) groups excluding carboxylic acids is 4. The van der Waals surface area contributed by atoms with Crippen LogP contribution in [0.15, 0.2) is 0 Å². The van der Waals surface area contributed by atoms with Gasteiger partial charge in [-0.2, -0.15) is 0 Å². The highest BCUT2D eigenvalue weighted by Crippen LogP contribution is 2.14. The van der Waals surface area contributed by atoms with Gasteiger partial charge in [-0.05, 0) is 83.1 Å². The molecular weight excluding hydrogens is 548 g/mol. The van der Waals surface area contributed by atoms with Crippen molar-refractivity contribution in [3.05, 3.63) is 0 Å². The number of hydrogen-bond donors (Lipinski definition) is 1. The summed E-state index contributed by atoms with van der Waals surface area (Å²) >= 11 is 3.01. The molecular formula is C26H43BrN2O8. The number of amides is 4. The first-order valence-electron chi connectivity index (χ1n) is 11.3. The fourth-order valence-electron chi connectivity index (χ4n) is 1.62. The van der Waals surface area contributed by atoms with Crippen molar-refractivity contribution < 1.29 is 38.1 Å². The summed E-state index contributed by atoms with van der Waals surface area (Å²) in [7, 11) is 0. The third-order valence-electron chi connectivity index (χ3n) is 2.56. The van der Waals surface area contributed by atoms with Crippen molar-refractivity contribution in [2.75, 3.05) is 11.9 Å². The third kappa shape index (κ3) is 29.2. The summed E-state index contributed by atoms with van der Waals surface area (Å²) in [5.74, 6) is 4.57. The molecule has 0 spiro atoms.